The Bertz CT molecular complexity index is 293. The topological polar surface area (TPSA) is 58.4 Å². The molecule has 0 spiro atoms. The fourth-order valence-corrected chi connectivity index (χ4v) is 2.71. The van der Waals surface area contributed by atoms with Crippen molar-refractivity contribution < 1.29 is 4.79 Å². The highest BCUT2D eigenvalue weighted by Crippen LogP contribution is 2.14. The van der Waals surface area contributed by atoms with Gasteiger partial charge in [0.2, 0.25) is 5.91 Å². The number of hydrogen-bond acceptors (Lipinski definition) is 3. The van der Waals surface area contributed by atoms with Crippen LogP contribution in [-0.2, 0) is 4.79 Å². The SMILES string of the molecule is CC(C)C(C(=O)NC1CCCN(C)C1)C(N)=S. The molecule has 1 saturated heterocycles. The number of carbonyl (C=O) groups excluding carboxylic acids is 1. The molecule has 2 atom stereocenters. The van der Waals surface area contributed by atoms with Crippen molar-refractivity contribution in [2.45, 2.75) is 32.7 Å². The molecule has 0 aromatic rings. The zero-order valence-corrected chi connectivity index (χ0v) is 11.7. The molecule has 0 aromatic carbocycles. The van der Waals surface area contributed by atoms with E-state index in [1.165, 1.54) is 0 Å². The zero-order valence-electron chi connectivity index (χ0n) is 10.9. The van der Waals surface area contributed by atoms with Gasteiger partial charge in [-0.1, -0.05) is 26.1 Å². The maximum Gasteiger partial charge on any atom is 0.230 e. The summed E-state index contributed by atoms with van der Waals surface area (Å²) in [5.41, 5.74) is 5.63. The van der Waals surface area contributed by atoms with Crippen molar-refractivity contribution in [1.82, 2.24) is 10.2 Å². The van der Waals surface area contributed by atoms with Crippen molar-refractivity contribution in [3.63, 3.8) is 0 Å². The predicted molar refractivity (Wildman–Crippen MR) is 73.8 cm³/mol. The van der Waals surface area contributed by atoms with Crippen molar-refractivity contribution in [3.8, 4) is 0 Å². The molecule has 0 saturated carbocycles. The first-order chi connectivity index (χ1) is 7.91. The molecule has 0 bridgehead atoms. The molecular formula is C12H23N3OS. The van der Waals surface area contributed by atoms with E-state index in [2.05, 4.69) is 17.3 Å². The van der Waals surface area contributed by atoms with Crippen LogP contribution in [0.3, 0.4) is 0 Å². The lowest BCUT2D eigenvalue weighted by atomic mass is 9.94. The molecule has 1 aliphatic rings. The second-order valence-electron chi connectivity index (χ2n) is 5.23. The van der Waals surface area contributed by atoms with E-state index >= 15 is 0 Å². The van der Waals surface area contributed by atoms with E-state index in [0.717, 1.165) is 25.9 Å². The largest absolute Gasteiger partial charge is 0.393 e. The van der Waals surface area contributed by atoms with E-state index in [9.17, 15) is 4.79 Å². The summed E-state index contributed by atoms with van der Waals surface area (Å²) in [6.45, 7) is 5.95. The Balaban J connectivity index is 2.54. The average molecular weight is 257 g/mol. The maximum absolute atomic E-state index is 12.1. The Morgan fingerprint density at radius 1 is 1.53 bits per heavy atom. The number of hydrogen-bond donors (Lipinski definition) is 2. The van der Waals surface area contributed by atoms with Gasteiger partial charge in [0.25, 0.3) is 0 Å². The Hall–Kier alpha value is -0.680. The van der Waals surface area contributed by atoms with E-state index in [4.69, 9.17) is 18.0 Å². The van der Waals surface area contributed by atoms with Crippen LogP contribution in [0, 0.1) is 11.8 Å². The number of nitrogens with zero attached hydrogens (tertiary/aromatic N) is 1. The van der Waals surface area contributed by atoms with Crippen molar-refractivity contribution in [2.75, 3.05) is 20.1 Å². The van der Waals surface area contributed by atoms with Crippen molar-refractivity contribution in [1.29, 1.82) is 0 Å². The van der Waals surface area contributed by atoms with Crippen LogP contribution in [0.15, 0.2) is 0 Å². The molecule has 3 N–H and O–H groups in total. The van der Waals surface area contributed by atoms with Crippen molar-refractivity contribution >= 4 is 23.1 Å². The average Bonchev–Trinajstić information content (AvgIpc) is 2.15. The molecule has 1 rings (SSSR count). The number of nitrogens with one attached hydrogen (secondary N) is 1. The minimum absolute atomic E-state index is 0.0206. The highest BCUT2D eigenvalue weighted by Gasteiger charge is 2.28. The number of piperidine rings is 1. The van der Waals surface area contributed by atoms with Crippen LogP contribution in [0.5, 0.6) is 0 Å². The fraction of sp³-hybridized carbons (Fsp3) is 0.833. The lowest BCUT2D eigenvalue weighted by Crippen LogP contribution is -2.50. The van der Waals surface area contributed by atoms with Gasteiger partial charge in [0.05, 0.1) is 10.9 Å². The van der Waals surface area contributed by atoms with Crippen LogP contribution in [0.1, 0.15) is 26.7 Å². The Kier molecular flexibility index (Phi) is 5.33. The molecule has 0 aliphatic carbocycles. The van der Waals surface area contributed by atoms with E-state index in [1.807, 2.05) is 13.8 Å². The first-order valence-corrected chi connectivity index (χ1v) is 6.61. The summed E-state index contributed by atoms with van der Waals surface area (Å²) in [7, 11) is 2.08. The van der Waals surface area contributed by atoms with Gasteiger partial charge in [-0.25, -0.2) is 0 Å². The summed E-state index contributed by atoms with van der Waals surface area (Å²) in [6, 6.07) is 0.233. The van der Waals surface area contributed by atoms with Crippen LogP contribution in [-0.4, -0.2) is 42.0 Å². The lowest BCUT2D eigenvalue weighted by Gasteiger charge is -2.31. The summed E-state index contributed by atoms with van der Waals surface area (Å²) in [5.74, 6) is -0.223. The quantitative estimate of drug-likeness (QED) is 0.730. The van der Waals surface area contributed by atoms with Crippen molar-refractivity contribution in [3.05, 3.63) is 0 Å². The first kappa shape index (κ1) is 14.4. The van der Waals surface area contributed by atoms with Gasteiger partial charge in [-0.05, 0) is 32.4 Å². The number of carbonyl (C=O) groups is 1. The molecule has 2 unspecified atom stereocenters. The van der Waals surface area contributed by atoms with Gasteiger partial charge in [0.1, 0.15) is 0 Å². The van der Waals surface area contributed by atoms with Gasteiger partial charge in [-0.2, -0.15) is 0 Å². The normalized spacial score (nSPS) is 23.4. The van der Waals surface area contributed by atoms with E-state index in [1.54, 1.807) is 0 Å². The number of thiocarbonyl (C=S) groups is 1. The minimum atomic E-state index is -0.350. The predicted octanol–water partition coefficient (Wildman–Crippen LogP) is 0.755. The van der Waals surface area contributed by atoms with E-state index in [0.29, 0.717) is 4.99 Å². The summed E-state index contributed by atoms with van der Waals surface area (Å²) < 4.78 is 0. The lowest BCUT2D eigenvalue weighted by molar-refractivity contribution is -0.125. The Morgan fingerprint density at radius 3 is 2.65 bits per heavy atom. The number of nitrogens with two attached hydrogens (primary N) is 1. The van der Waals surface area contributed by atoms with Gasteiger partial charge in [0.15, 0.2) is 0 Å². The summed E-state index contributed by atoms with van der Waals surface area (Å²) >= 11 is 4.97. The third-order valence-corrected chi connectivity index (χ3v) is 3.48. The first-order valence-electron chi connectivity index (χ1n) is 6.20. The van der Waals surface area contributed by atoms with E-state index in [-0.39, 0.29) is 23.8 Å². The molecule has 0 radical (unpaired) electrons. The number of amides is 1. The third-order valence-electron chi connectivity index (χ3n) is 3.23. The Morgan fingerprint density at radius 2 is 2.18 bits per heavy atom. The molecular weight excluding hydrogens is 234 g/mol. The van der Waals surface area contributed by atoms with Crippen LogP contribution in [0.4, 0.5) is 0 Å². The van der Waals surface area contributed by atoms with Gasteiger partial charge < -0.3 is 16.0 Å². The van der Waals surface area contributed by atoms with Gasteiger partial charge in [-0.15, -0.1) is 0 Å². The number of likely N-dealkylation sites (tertiary alicyclic amines) is 1. The summed E-state index contributed by atoms with van der Waals surface area (Å²) in [4.78, 5) is 14.6. The van der Waals surface area contributed by atoms with Gasteiger partial charge >= 0.3 is 0 Å². The molecule has 1 heterocycles. The van der Waals surface area contributed by atoms with E-state index < -0.39 is 0 Å². The smallest absolute Gasteiger partial charge is 0.230 e. The van der Waals surface area contributed by atoms with Gasteiger partial charge in [-0.3, -0.25) is 4.79 Å². The highest BCUT2D eigenvalue weighted by molar-refractivity contribution is 7.80. The second kappa shape index (κ2) is 6.31. The third kappa shape index (κ3) is 4.24. The number of rotatable bonds is 4. The minimum Gasteiger partial charge on any atom is -0.393 e. The fourth-order valence-electron chi connectivity index (χ4n) is 2.34. The Labute approximate surface area is 109 Å². The molecule has 1 aliphatic heterocycles. The monoisotopic (exact) mass is 257 g/mol. The van der Waals surface area contributed by atoms with Crippen LogP contribution in [0.25, 0.3) is 0 Å². The molecule has 5 heteroatoms. The van der Waals surface area contributed by atoms with Crippen LogP contribution < -0.4 is 11.1 Å². The molecule has 98 valence electrons. The molecule has 0 aromatic heterocycles. The molecule has 4 nitrogen and oxygen atoms in total. The number of likely N-dealkylation sites (N-methyl/N-ethyl adjacent to an activating group) is 1. The molecule has 1 fully saturated rings. The van der Waals surface area contributed by atoms with Crippen LogP contribution in [0.2, 0.25) is 0 Å². The van der Waals surface area contributed by atoms with Gasteiger partial charge in [0, 0.05) is 12.6 Å². The zero-order chi connectivity index (χ0) is 13.0. The summed E-state index contributed by atoms with van der Waals surface area (Å²) in [5, 5.41) is 3.06. The van der Waals surface area contributed by atoms with Crippen LogP contribution >= 0.6 is 12.2 Å². The maximum atomic E-state index is 12.1. The molecule has 17 heavy (non-hydrogen) atoms. The highest BCUT2D eigenvalue weighted by atomic mass is 32.1. The molecule has 1 amide bonds. The second-order valence-corrected chi connectivity index (χ2v) is 5.71. The summed E-state index contributed by atoms with van der Waals surface area (Å²) in [6.07, 6.45) is 2.17. The van der Waals surface area contributed by atoms with Crippen molar-refractivity contribution in [2.24, 2.45) is 17.6 Å². The standard InChI is InChI=1S/C12H23N3OS/c1-8(2)10(11(13)17)12(16)14-9-5-4-6-15(3)7-9/h8-10H,4-7H2,1-3H3,(H2,13,17)(H,14,16).